The van der Waals surface area contributed by atoms with Gasteiger partial charge in [0.1, 0.15) is 47.3 Å². The van der Waals surface area contributed by atoms with Crippen molar-refractivity contribution >= 4 is 27.5 Å². The highest BCUT2D eigenvalue weighted by atomic mass is 19.1. The number of terminal acetylenes is 1. The molecule has 0 amide bonds. The van der Waals surface area contributed by atoms with Crippen LogP contribution in [0.15, 0.2) is 37.9 Å². The number of nitrogens with zero attached hydrogens (tertiary/aromatic N) is 5. The van der Waals surface area contributed by atoms with Crippen LogP contribution in [0.3, 0.4) is 0 Å². The molecular weight excluding hydrogens is 718 g/mol. The van der Waals surface area contributed by atoms with E-state index >= 15 is 13.2 Å². The Balaban J connectivity index is 1.22. The van der Waals surface area contributed by atoms with E-state index in [-0.39, 0.29) is 69.9 Å². The summed E-state index contributed by atoms with van der Waals surface area (Å²) in [6.07, 6.45) is 7.99. The molecule has 0 saturated carbocycles. The highest BCUT2D eigenvalue weighted by Crippen LogP contribution is 2.46. The van der Waals surface area contributed by atoms with Crippen LogP contribution in [0.5, 0.6) is 11.8 Å². The first-order chi connectivity index (χ1) is 26.5. The van der Waals surface area contributed by atoms with E-state index in [1.165, 1.54) is 18.2 Å². The molecule has 3 fully saturated rings. The topological polar surface area (TPSA) is 108 Å². The molecule has 6 heterocycles. The number of piperazine rings is 1. The van der Waals surface area contributed by atoms with E-state index < -0.39 is 40.5 Å². The van der Waals surface area contributed by atoms with Crippen LogP contribution in [-0.2, 0) is 13.0 Å². The number of alkyl halides is 1. The number of rotatable bonds is 7. The van der Waals surface area contributed by atoms with Crippen LogP contribution < -0.4 is 15.5 Å². The number of phenols is 1. The van der Waals surface area contributed by atoms with Crippen LogP contribution in [0.2, 0.25) is 0 Å². The quantitative estimate of drug-likeness (QED) is 0.141. The molecule has 286 valence electrons. The molecule has 0 bridgehead atoms. The van der Waals surface area contributed by atoms with Gasteiger partial charge in [0, 0.05) is 54.7 Å². The third kappa shape index (κ3) is 5.73. The fourth-order valence-electron chi connectivity index (χ4n) is 9.61. The number of fused-ring (bicyclic) bond motifs is 4. The Morgan fingerprint density at radius 2 is 1.95 bits per heavy atom. The summed E-state index contributed by atoms with van der Waals surface area (Å²) in [4.78, 5) is 27.7. The zero-order valence-electron chi connectivity index (χ0n) is 30.4. The third-order valence-corrected chi connectivity index (χ3v) is 12.2. The van der Waals surface area contributed by atoms with Crippen LogP contribution >= 0.6 is 0 Å². The lowest BCUT2D eigenvalue weighted by atomic mass is 9.90. The molecule has 0 radical (unpaired) electrons. The molecule has 0 spiro atoms. The van der Waals surface area contributed by atoms with Gasteiger partial charge in [-0.25, -0.2) is 22.4 Å². The first kappa shape index (κ1) is 35.6. The number of aryl methyl sites for hydroxylation is 2. The first-order valence-electron chi connectivity index (χ1n) is 18.7. The Morgan fingerprint density at radius 3 is 2.71 bits per heavy atom. The molecule has 2 aromatic heterocycles. The zero-order chi connectivity index (χ0) is 38.3. The van der Waals surface area contributed by atoms with Crippen molar-refractivity contribution in [3.8, 4) is 35.2 Å². The zero-order valence-corrected chi connectivity index (χ0v) is 30.4. The maximum atomic E-state index is 17.4. The number of aromatic hydroxyl groups is 1. The van der Waals surface area contributed by atoms with Crippen LogP contribution in [0.1, 0.15) is 61.7 Å². The van der Waals surface area contributed by atoms with Crippen molar-refractivity contribution in [1.82, 2.24) is 19.8 Å². The molecule has 3 aromatic carbocycles. The predicted molar refractivity (Wildman–Crippen MR) is 196 cm³/mol. The minimum atomic E-state index is -1.04. The molecule has 5 aromatic rings. The Morgan fingerprint density at radius 1 is 1.11 bits per heavy atom. The largest absolute Gasteiger partial charge is 0.519 e. The molecule has 4 aliphatic rings. The van der Waals surface area contributed by atoms with Crippen LogP contribution in [-0.4, -0.2) is 81.5 Å². The Labute approximate surface area is 313 Å². The lowest BCUT2D eigenvalue weighted by Gasteiger charge is -2.46. The molecule has 4 aliphatic heterocycles. The number of phenolic OH excluding ortho intramolecular Hbond substituents is 1. The van der Waals surface area contributed by atoms with Crippen molar-refractivity contribution in [2.75, 3.05) is 37.7 Å². The number of hydrogen-bond donors (Lipinski definition) is 1. The van der Waals surface area contributed by atoms with Crippen molar-refractivity contribution < 1.29 is 36.2 Å². The highest BCUT2D eigenvalue weighted by Gasteiger charge is 2.49. The van der Waals surface area contributed by atoms with E-state index in [1.54, 1.807) is 6.92 Å². The van der Waals surface area contributed by atoms with Crippen LogP contribution in [0, 0.1) is 36.7 Å². The van der Waals surface area contributed by atoms with E-state index in [2.05, 4.69) is 25.6 Å². The summed E-state index contributed by atoms with van der Waals surface area (Å²) < 4.78 is 81.4. The number of hydrogen-bond acceptors (Lipinski definition) is 10. The van der Waals surface area contributed by atoms with E-state index in [0.29, 0.717) is 68.2 Å². The molecule has 3 saturated heterocycles. The normalized spacial score (nSPS) is 23.9. The second kappa shape index (κ2) is 13.3. The smallest absolute Gasteiger partial charge is 0.508 e. The second-order valence-electron chi connectivity index (χ2n) is 15.3. The lowest BCUT2D eigenvalue weighted by Crippen LogP contribution is -2.58. The molecular formula is C41H39F4N5O5. The minimum Gasteiger partial charge on any atom is -0.508 e. The lowest BCUT2D eigenvalue weighted by molar-refractivity contribution is 0.107. The van der Waals surface area contributed by atoms with E-state index in [9.17, 15) is 14.3 Å². The molecule has 0 unspecified atom stereocenters. The first-order valence-corrected chi connectivity index (χ1v) is 18.7. The van der Waals surface area contributed by atoms with E-state index in [4.69, 9.17) is 25.0 Å². The summed E-state index contributed by atoms with van der Waals surface area (Å²) in [5.41, 5.74) is -1.37. The summed E-state index contributed by atoms with van der Waals surface area (Å²) in [5.74, 6) is -0.267. The summed E-state index contributed by atoms with van der Waals surface area (Å²) >= 11 is 0. The fourth-order valence-corrected chi connectivity index (χ4v) is 9.61. The SMILES string of the molecule is C#Cc1c(F)ccc2cc(O)cc(-c3c(F)c4c5c(nc(OC[C@@]67CCCN6C[C@H](F)C7)nc5c3F)N3C[C@@H](CC)N(Cc5oc(=O)oc5C)C[C@H]3CC4)c12. The maximum absolute atomic E-state index is 17.4. The molecule has 0 aliphatic carbocycles. The monoisotopic (exact) mass is 757 g/mol. The van der Waals surface area contributed by atoms with Gasteiger partial charge in [0.15, 0.2) is 11.6 Å². The number of ether oxygens (including phenoxy) is 1. The predicted octanol–water partition coefficient (Wildman–Crippen LogP) is 6.78. The Hall–Kier alpha value is -5.13. The van der Waals surface area contributed by atoms with Crippen molar-refractivity contribution in [2.45, 2.75) is 82.7 Å². The van der Waals surface area contributed by atoms with Gasteiger partial charge in [-0.3, -0.25) is 9.80 Å². The number of benzene rings is 3. The summed E-state index contributed by atoms with van der Waals surface area (Å²) in [7, 11) is 0. The van der Waals surface area contributed by atoms with Crippen molar-refractivity contribution in [2.24, 2.45) is 0 Å². The van der Waals surface area contributed by atoms with Gasteiger partial charge in [-0.15, -0.1) is 6.42 Å². The van der Waals surface area contributed by atoms with Gasteiger partial charge >= 0.3 is 11.8 Å². The van der Waals surface area contributed by atoms with Gasteiger partial charge in [-0.1, -0.05) is 18.9 Å². The van der Waals surface area contributed by atoms with Gasteiger partial charge in [0.05, 0.1) is 28.6 Å². The van der Waals surface area contributed by atoms with Gasteiger partial charge < -0.3 is 23.6 Å². The number of halogens is 4. The van der Waals surface area contributed by atoms with Crippen molar-refractivity contribution in [3.63, 3.8) is 0 Å². The molecule has 4 atom stereocenters. The maximum Gasteiger partial charge on any atom is 0.519 e. The Kier molecular flexibility index (Phi) is 8.58. The van der Waals surface area contributed by atoms with Gasteiger partial charge in [-0.2, -0.15) is 9.97 Å². The van der Waals surface area contributed by atoms with Gasteiger partial charge in [-0.05, 0) is 69.2 Å². The summed E-state index contributed by atoms with van der Waals surface area (Å²) in [6, 6.07) is 4.66. The standard InChI is InChI=1S/C41H39F4N5O5/c1-4-24-18-50-25(17-48(24)19-31-21(3)54-40(52)55-31)8-9-28-34-37(46-39(47-38(34)50)53-20-41-11-6-12-49(41)16-23(42)15-41)36(45)33(35(28)44)29-14-26(51)13-22-7-10-30(43)27(5-2)32(22)29/h2,7,10,13-14,23-25,51H,4,6,8-9,11-12,15-20H2,1,3H3/t23-,24-,25-,41+/m1/s1. The number of aromatic nitrogens is 2. The average molecular weight is 758 g/mol. The molecule has 9 rings (SSSR count). The van der Waals surface area contributed by atoms with Gasteiger partial charge in [0.2, 0.25) is 0 Å². The molecule has 14 heteroatoms. The van der Waals surface area contributed by atoms with Crippen LogP contribution in [0.25, 0.3) is 32.8 Å². The number of anilines is 1. The highest BCUT2D eigenvalue weighted by molar-refractivity contribution is 6.05. The van der Waals surface area contributed by atoms with Crippen LogP contribution in [0.4, 0.5) is 23.4 Å². The second-order valence-corrected chi connectivity index (χ2v) is 15.3. The molecule has 10 nitrogen and oxygen atoms in total. The summed E-state index contributed by atoms with van der Waals surface area (Å²) in [6.45, 7) is 6.11. The minimum absolute atomic E-state index is 0.0672. The summed E-state index contributed by atoms with van der Waals surface area (Å²) in [5, 5.41) is 11.3. The molecule has 1 N–H and O–H groups in total. The molecule has 55 heavy (non-hydrogen) atoms. The average Bonchev–Trinajstić information content (AvgIpc) is 3.76. The Bertz CT molecular complexity index is 2480. The van der Waals surface area contributed by atoms with Crippen molar-refractivity contribution in [1.29, 1.82) is 0 Å². The van der Waals surface area contributed by atoms with Crippen molar-refractivity contribution in [3.05, 3.63) is 75.0 Å². The fraction of sp³-hybridized carbons (Fsp3) is 0.439. The third-order valence-electron chi connectivity index (χ3n) is 12.2. The van der Waals surface area contributed by atoms with Gasteiger partial charge in [0.25, 0.3) is 0 Å². The van der Waals surface area contributed by atoms with E-state index in [0.717, 1.165) is 25.5 Å². The van der Waals surface area contributed by atoms with E-state index in [1.807, 2.05) is 6.92 Å².